The predicted molar refractivity (Wildman–Crippen MR) is 505 cm³/mol. The van der Waals surface area contributed by atoms with Gasteiger partial charge in [-0.05, 0) is 213 Å². The topological polar surface area (TPSA) is 304 Å². The van der Waals surface area contributed by atoms with Gasteiger partial charge in [-0.25, -0.2) is 49.8 Å². The zero-order valence-corrected chi connectivity index (χ0v) is 75.1. The van der Waals surface area contributed by atoms with Crippen LogP contribution in [0.3, 0.4) is 0 Å². The molecule has 0 aliphatic carbocycles. The fourth-order valence-electron chi connectivity index (χ4n) is 16.6. The van der Waals surface area contributed by atoms with Crippen molar-refractivity contribution < 1.29 is 23.7 Å². The monoisotopic (exact) mass is 1800 g/mol. The van der Waals surface area contributed by atoms with Gasteiger partial charge in [0, 0.05) is 87.6 Å². The van der Waals surface area contributed by atoms with Crippen molar-refractivity contribution in [2.45, 2.75) is 116 Å². The van der Waals surface area contributed by atoms with Gasteiger partial charge < -0.3 is 50.0 Å². The summed E-state index contributed by atoms with van der Waals surface area (Å²) in [6, 6.07) is 46.5. The highest BCUT2D eigenvalue weighted by Crippen LogP contribution is 2.40. The lowest BCUT2D eigenvalue weighted by Gasteiger charge is -2.34. The Morgan fingerprint density at radius 1 is 0.430 bits per heavy atom. The molecule has 33 heteroatoms. The maximum Gasteiger partial charge on any atom is 0.273 e. The molecule has 0 saturated carbocycles. The van der Waals surface area contributed by atoms with E-state index in [2.05, 4.69) is 132 Å². The highest BCUT2D eigenvalue weighted by molar-refractivity contribution is 6.38. The van der Waals surface area contributed by atoms with Gasteiger partial charge in [0.2, 0.25) is 17.6 Å². The molecule has 12 aromatic heterocycles. The first-order valence-corrected chi connectivity index (χ1v) is 45.1. The molecule has 0 spiro atoms. The first-order chi connectivity index (χ1) is 62.5. The van der Waals surface area contributed by atoms with E-state index in [9.17, 15) is 4.79 Å². The van der Waals surface area contributed by atoms with Crippen molar-refractivity contribution in [2.75, 3.05) is 113 Å². The number of hydrogen-bond donors (Lipinski definition) is 4. The van der Waals surface area contributed by atoms with Gasteiger partial charge in [0.05, 0.1) is 120 Å². The molecule has 4 saturated heterocycles. The number of amides is 1. The van der Waals surface area contributed by atoms with Crippen molar-refractivity contribution in [3.8, 4) is 17.6 Å². The molecular weight excluding hydrogens is 1700 g/mol. The van der Waals surface area contributed by atoms with Crippen LogP contribution in [0.5, 0.6) is 17.6 Å². The molecule has 4 fully saturated rings. The Kier molecular flexibility index (Phi) is 28.0. The van der Waals surface area contributed by atoms with Crippen LogP contribution in [0.1, 0.15) is 137 Å². The number of carbonyl (C=O) groups excluding carboxylic acids is 1. The summed E-state index contributed by atoms with van der Waals surface area (Å²) < 4.78 is 27.8. The number of halogens is 4. The number of fused-ring (bicyclic) bond motifs is 8. The molecule has 4 atom stereocenters. The Bertz CT molecular complexity index is 6580. The van der Waals surface area contributed by atoms with Gasteiger partial charge in [0.15, 0.2) is 22.9 Å². The Balaban J connectivity index is 0.000000120. The molecule has 658 valence electrons. The number of aromatic nitrogens is 16. The number of pyridine rings is 6. The number of nitrogens with zero attached hydrogens (tertiary/aromatic N) is 20. The number of ether oxygens (including phenoxy) is 4. The van der Waals surface area contributed by atoms with Gasteiger partial charge >= 0.3 is 0 Å². The minimum absolute atomic E-state index is 0.0703. The summed E-state index contributed by atoms with van der Waals surface area (Å²) in [5.74, 6) is 4.62. The maximum absolute atomic E-state index is 13.4. The SMILES string of the molecule is CC(C)N1CCC(Oc2nc([C@H](C)Nc3ccnc4ccnn34)cc3cccc(Cl)c23)CC1.C[C@H](Nc1ccnc2ccnn12)c1cc2cccc(Cl)c2c(OCCN2CCCC2)n1.C[C@H](Nc1ncnc2cccnc12)c1cc2cccc(Cl)c2c(C(=O)N2CCOCC2)n1.C[C@H](Nc1ncnc2cccnc12)c1cc2cccc(Cl)c2c(OCCN2CCCC2)n1. The maximum atomic E-state index is 13.4. The Morgan fingerprint density at radius 2 is 0.844 bits per heavy atom. The number of likely N-dealkylation sites (tertiary alicyclic amines) is 3. The van der Waals surface area contributed by atoms with Crippen molar-refractivity contribution in [3.63, 3.8) is 0 Å². The molecule has 0 radical (unpaired) electrons. The molecule has 4 aromatic carbocycles. The zero-order chi connectivity index (χ0) is 88.2. The number of hydrogen-bond acceptors (Lipinski definition) is 26. The van der Waals surface area contributed by atoms with Crippen molar-refractivity contribution in [1.29, 1.82) is 0 Å². The molecular formula is C95H100Cl4N24O5. The standard InChI is InChI=1S/C25H29ClN6O.C24H25ClN6O.C23H21ClN6O2.C23H25ClN6O/c1-16(2)31-13-9-19(10-14-31)33-25-24-18(5-4-6-20(24)26)15-21(30-25)17(3)29-23-7-11-27-22-8-12-28-32(22)23;1-16(29-23-22-19(27-15-28-23)8-5-9-26-22)20-14-17-6-4-7-18(25)21(17)24(30-20)32-13-12-31-10-2-3-11-31;1-14(28-22-20-17(26-13-27-22)6-3-7-25-20)18-12-15-4-2-5-16(24)19(15)21(29-18)23(31)30-8-10-32-11-9-30;1-16(27-21-7-9-25-20-8-10-26-30(20)21)19-15-17-5-4-6-18(24)22(17)23(28-19)31-14-13-29-11-2-3-12-29/h4-8,11-12,15-17,19,29H,9-10,13-14H2,1-3H3;4-9,14-16H,2-3,10-13H2,1H3,(H,27,28,29);2-7,12-14H,8-11H2,1H3,(H,26,27,28);4-10,15-16,27H,2-3,11-14H2,1H3/t17-;16-;14-;16-/m0000/s1. The van der Waals surface area contributed by atoms with Gasteiger partial charge in [-0.15, -0.1) is 0 Å². The van der Waals surface area contributed by atoms with Gasteiger partial charge in [0.25, 0.3) is 5.91 Å². The number of anilines is 4. The fraction of sp³-hybridized carbons (Fsp3) is 0.337. The molecule has 0 unspecified atom stereocenters. The summed E-state index contributed by atoms with van der Waals surface area (Å²) >= 11 is 26.1. The van der Waals surface area contributed by atoms with Gasteiger partial charge in [-0.1, -0.05) is 94.9 Å². The van der Waals surface area contributed by atoms with Crippen molar-refractivity contribution in [2.24, 2.45) is 0 Å². The van der Waals surface area contributed by atoms with Crippen LogP contribution in [-0.4, -0.2) is 209 Å². The van der Waals surface area contributed by atoms with Gasteiger partial charge in [-0.3, -0.25) is 24.6 Å². The van der Waals surface area contributed by atoms with E-state index in [0.29, 0.717) is 117 Å². The predicted octanol–water partition coefficient (Wildman–Crippen LogP) is 18.7. The molecule has 4 aliphatic heterocycles. The Hall–Kier alpha value is -12.2. The summed E-state index contributed by atoms with van der Waals surface area (Å²) in [6.45, 7) is 24.4. The number of piperidine rings is 1. The van der Waals surface area contributed by atoms with Gasteiger partial charge in [0.1, 0.15) is 60.3 Å². The fourth-order valence-corrected chi connectivity index (χ4v) is 17.6. The molecule has 128 heavy (non-hydrogen) atoms. The highest BCUT2D eigenvalue weighted by atomic mass is 35.5. The van der Waals surface area contributed by atoms with E-state index in [1.54, 1.807) is 63.5 Å². The number of morpholine rings is 1. The molecule has 29 nitrogen and oxygen atoms in total. The number of carbonyl (C=O) groups is 1. The summed E-state index contributed by atoms with van der Waals surface area (Å²) in [5.41, 5.74) is 8.20. The molecule has 4 aliphatic rings. The molecule has 1 amide bonds. The Morgan fingerprint density at radius 3 is 1.30 bits per heavy atom. The van der Waals surface area contributed by atoms with Crippen LogP contribution >= 0.6 is 46.4 Å². The molecule has 16 heterocycles. The van der Waals surface area contributed by atoms with E-state index in [4.69, 9.17) is 85.3 Å². The van der Waals surface area contributed by atoms with E-state index in [1.165, 1.54) is 32.0 Å². The highest BCUT2D eigenvalue weighted by Gasteiger charge is 2.29. The summed E-state index contributed by atoms with van der Waals surface area (Å²) in [5, 5.41) is 32.1. The second kappa shape index (κ2) is 40.8. The smallest absolute Gasteiger partial charge is 0.273 e. The third-order valence-corrected chi connectivity index (χ3v) is 24.7. The summed E-state index contributed by atoms with van der Waals surface area (Å²) in [4.78, 5) is 76.7. The minimum Gasteiger partial charge on any atom is -0.476 e. The third-order valence-electron chi connectivity index (χ3n) is 23.5. The van der Waals surface area contributed by atoms with Gasteiger partial charge in [-0.2, -0.15) is 19.2 Å². The van der Waals surface area contributed by atoms with Crippen molar-refractivity contribution in [1.82, 2.24) is 98.6 Å². The van der Waals surface area contributed by atoms with E-state index in [0.717, 1.165) is 159 Å². The van der Waals surface area contributed by atoms with E-state index < -0.39 is 0 Å². The van der Waals surface area contributed by atoms with Crippen LogP contribution in [0.15, 0.2) is 195 Å². The largest absolute Gasteiger partial charge is 0.476 e. The molecule has 20 rings (SSSR count). The minimum atomic E-state index is -0.241. The van der Waals surface area contributed by atoms with Crippen LogP contribution in [0.25, 0.3) is 76.5 Å². The zero-order valence-electron chi connectivity index (χ0n) is 72.1. The van der Waals surface area contributed by atoms with Crippen molar-refractivity contribution in [3.05, 3.63) is 244 Å². The summed E-state index contributed by atoms with van der Waals surface area (Å²) in [7, 11) is 0. The Labute approximate surface area is 760 Å². The van der Waals surface area contributed by atoms with E-state index >= 15 is 0 Å². The normalized spacial score (nSPS) is 15.6. The van der Waals surface area contributed by atoms with E-state index in [-0.39, 0.29) is 36.2 Å². The van der Waals surface area contributed by atoms with E-state index in [1.807, 2.05) is 135 Å². The number of rotatable bonds is 24. The van der Waals surface area contributed by atoms with Crippen LogP contribution in [-0.2, 0) is 4.74 Å². The lowest BCUT2D eigenvalue weighted by atomic mass is 10.0. The van der Waals surface area contributed by atoms with Crippen LogP contribution in [0.4, 0.5) is 23.3 Å². The molecule has 0 bridgehead atoms. The third kappa shape index (κ3) is 20.5. The van der Waals surface area contributed by atoms with Crippen LogP contribution in [0, 0.1) is 0 Å². The average Bonchev–Trinajstić information content (AvgIpc) is 0.986. The summed E-state index contributed by atoms with van der Waals surface area (Å²) in [6.07, 6.45) is 20.7. The second-order valence-corrected chi connectivity index (χ2v) is 34.1. The second-order valence-electron chi connectivity index (χ2n) is 32.5. The first kappa shape index (κ1) is 87.9. The van der Waals surface area contributed by atoms with Crippen molar-refractivity contribution >= 4 is 152 Å². The average molecular weight is 1800 g/mol. The van der Waals surface area contributed by atoms with Crippen LogP contribution < -0.4 is 35.5 Å². The quantitative estimate of drug-likeness (QED) is 0.0437. The lowest BCUT2D eigenvalue weighted by molar-refractivity contribution is 0.0300. The first-order valence-electron chi connectivity index (χ1n) is 43.6. The number of nitrogens with one attached hydrogen (secondary N) is 4. The molecule has 4 N–H and O–H groups in total. The number of benzene rings is 4. The van der Waals surface area contributed by atoms with Crippen LogP contribution in [0.2, 0.25) is 20.1 Å². The lowest BCUT2D eigenvalue weighted by Crippen LogP contribution is -2.41. The molecule has 16 aromatic rings.